The first-order valence-corrected chi connectivity index (χ1v) is 10.4. The van der Waals surface area contributed by atoms with Gasteiger partial charge in [0.05, 0.1) is 6.61 Å². The highest BCUT2D eigenvalue weighted by Crippen LogP contribution is 2.15. The Hall–Kier alpha value is -2.53. The number of aryl methyl sites for hydroxylation is 1. The van der Waals surface area contributed by atoms with E-state index in [0.717, 1.165) is 18.6 Å². The minimum absolute atomic E-state index is 0.0899. The number of hydrogen-bond acceptors (Lipinski definition) is 3. The summed E-state index contributed by atoms with van der Waals surface area (Å²) < 4.78 is 5.68. The number of piperidine rings is 1. The molecule has 1 N–H and O–H groups in total. The van der Waals surface area contributed by atoms with Gasteiger partial charge in [-0.15, -0.1) is 0 Å². The molecule has 2 aromatic carbocycles. The number of hydrogen-bond donors (Lipinski definition) is 1. The zero-order chi connectivity index (χ0) is 20.6. The van der Waals surface area contributed by atoms with Crippen molar-refractivity contribution in [2.45, 2.75) is 38.6 Å². The van der Waals surface area contributed by atoms with E-state index in [1.165, 1.54) is 5.56 Å². The maximum Gasteiger partial charge on any atom is 0.251 e. The summed E-state index contributed by atoms with van der Waals surface area (Å²) in [7, 11) is 0. The van der Waals surface area contributed by atoms with E-state index in [1.807, 2.05) is 36.1 Å². The topological polar surface area (TPSA) is 58.6 Å². The summed E-state index contributed by atoms with van der Waals surface area (Å²) in [5.74, 6) is 0.889. The van der Waals surface area contributed by atoms with Crippen molar-refractivity contribution < 1.29 is 14.3 Å². The van der Waals surface area contributed by atoms with E-state index in [1.54, 1.807) is 24.3 Å². The molecule has 1 fully saturated rings. The number of halogens is 1. The number of carbonyl (C=O) groups is 2. The normalized spacial score (nSPS) is 14.5. The number of carbonyl (C=O) groups excluding carboxylic acids is 2. The van der Waals surface area contributed by atoms with Gasteiger partial charge in [-0.1, -0.05) is 29.3 Å². The lowest BCUT2D eigenvalue weighted by molar-refractivity contribution is -0.132. The second-order valence-corrected chi connectivity index (χ2v) is 7.84. The van der Waals surface area contributed by atoms with Gasteiger partial charge in [-0.3, -0.25) is 9.59 Å². The summed E-state index contributed by atoms with van der Waals surface area (Å²) >= 11 is 5.86. The Morgan fingerprint density at radius 1 is 1.07 bits per heavy atom. The summed E-state index contributed by atoms with van der Waals surface area (Å²) in [5.41, 5.74) is 1.79. The van der Waals surface area contributed by atoms with Crippen molar-refractivity contribution in [3.63, 3.8) is 0 Å². The Morgan fingerprint density at radius 2 is 1.72 bits per heavy atom. The van der Waals surface area contributed by atoms with Gasteiger partial charge in [0, 0.05) is 36.1 Å². The van der Waals surface area contributed by atoms with Crippen molar-refractivity contribution in [1.82, 2.24) is 10.2 Å². The lowest BCUT2D eigenvalue weighted by Crippen LogP contribution is -2.46. The van der Waals surface area contributed by atoms with Gasteiger partial charge < -0.3 is 15.0 Å². The van der Waals surface area contributed by atoms with E-state index < -0.39 is 0 Å². The van der Waals surface area contributed by atoms with Crippen LogP contribution in [0.3, 0.4) is 0 Å². The Labute approximate surface area is 177 Å². The van der Waals surface area contributed by atoms with Crippen LogP contribution < -0.4 is 10.1 Å². The van der Waals surface area contributed by atoms with Crippen LogP contribution in [0.15, 0.2) is 48.5 Å². The first kappa shape index (κ1) is 21.2. The number of amides is 2. The van der Waals surface area contributed by atoms with Crippen LogP contribution in [-0.4, -0.2) is 42.5 Å². The maximum absolute atomic E-state index is 12.4. The fourth-order valence-electron chi connectivity index (χ4n) is 3.35. The molecular weight excluding hydrogens is 388 g/mol. The number of benzene rings is 2. The second kappa shape index (κ2) is 10.3. The van der Waals surface area contributed by atoms with Crippen LogP contribution in [0.2, 0.25) is 5.02 Å². The summed E-state index contributed by atoms with van der Waals surface area (Å²) in [6.07, 6.45) is 2.71. The molecule has 0 spiro atoms. The van der Waals surface area contributed by atoms with E-state index in [2.05, 4.69) is 5.32 Å². The van der Waals surface area contributed by atoms with Crippen LogP contribution in [0.4, 0.5) is 0 Å². The third-order valence-corrected chi connectivity index (χ3v) is 5.37. The van der Waals surface area contributed by atoms with Crippen LogP contribution in [0.25, 0.3) is 0 Å². The van der Waals surface area contributed by atoms with Gasteiger partial charge in [-0.2, -0.15) is 0 Å². The fraction of sp³-hybridized carbons (Fsp3) is 0.391. The summed E-state index contributed by atoms with van der Waals surface area (Å²) in [6, 6.07) is 14.9. The van der Waals surface area contributed by atoms with Crippen molar-refractivity contribution in [3.05, 3.63) is 64.7 Å². The highest BCUT2D eigenvalue weighted by molar-refractivity contribution is 6.30. The standard InChI is InChI=1S/C23H27ClN2O3/c1-17-4-10-21(11-5-17)29-16-2-3-22(27)26-14-12-20(13-15-26)25-23(28)18-6-8-19(24)9-7-18/h4-11,20H,2-3,12-16H2,1H3,(H,25,28). The highest BCUT2D eigenvalue weighted by atomic mass is 35.5. The van der Waals surface area contributed by atoms with E-state index in [0.29, 0.717) is 43.1 Å². The Morgan fingerprint density at radius 3 is 2.38 bits per heavy atom. The van der Waals surface area contributed by atoms with Crippen molar-refractivity contribution in [2.75, 3.05) is 19.7 Å². The quantitative estimate of drug-likeness (QED) is 0.690. The predicted octanol–water partition coefficient (Wildman–Crippen LogP) is 4.23. The molecule has 1 saturated heterocycles. The maximum atomic E-state index is 12.4. The van der Waals surface area contributed by atoms with Crippen LogP contribution in [0, 0.1) is 6.92 Å². The summed E-state index contributed by atoms with van der Waals surface area (Å²) in [4.78, 5) is 26.6. The van der Waals surface area contributed by atoms with Crippen LogP contribution >= 0.6 is 11.6 Å². The van der Waals surface area contributed by atoms with Crippen LogP contribution in [-0.2, 0) is 4.79 Å². The minimum atomic E-state index is -0.0975. The smallest absolute Gasteiger partial charge is 0.251 e. The molecule has 0 bridgehead atoms. The highest BCUT2D eigenvalue weighted by Gasteiger charge is 2.23. The largest absolute Gasteiger partial charge is 0.494 e. The molecule has 1 aliphatic rings. The molecule has 3 rings (SSSR count). The first-order valence-electron chi connectivity index (χ1n) is 10.0. The van der Waals surface area contributed by atoms with E-state index >= 15 is 0 Å². The van der Waals surface area contributed by atoms with Gasteiger partial charge in [-0.05, 0) is 62.6 Å². The minimum Gasteiger partial charge on any atom is -0.494 e. The molecule has 5 nitrogen and oxygen atoms in total. The Bertz CT molecular complexity index is 813. The monoisotopic (exact) mass is 414 g/mol. The Balaban J connectivity index is 1.34. The molecule has 1 aliphatic heterocycles. The van der Waals surface area contributed by atoms with Crippen molar-refractivity contribution >= 4 is 23.4 Å². The van der Waals surface area contributed by atoms with Gasteiger partial charge in [0.2, 0.25) is 5.91 Å². The fourth-order valence-corrected chi connectivity index (χ4v) is 3.48. The van der Waals surface area contributed by atoms with Gasteiger partial charge in [-0.25, -0.2) is 0 Å². The van der Waals surface area contributed by atoms with Crippen molar-refractivity contribution in [1.29, 1.82) is 0 Å². The molecule has 0 radical (unpaired) electrons. The average molecular weight is 415 g/mol. The van der Waals surface area contributed by atoms with E-state index in [9.17, 15) is 9.59 Å². The number of nitrogens with one attached hydrogen (secondary N) is 1. The zero-order valence-corrected chi connectivity index (χ0v) is 17.5. The molecular formula is C23H27ClN2O3. The van der Waals surface area contributed by atoms with Gasteiger partial charge >= 0.3 is 0 Å². The molecule has 2 amide bonds. The van der Waals surface area contributed by atoms with Gasteiger partial charge in [0.25, 0.3) is 5.91 Å². The Kier molecular flexibility index (Phi) is 7.53. The van der Waals surface area contributed by atoms with Gasteiger partial charge in [0.15, 0.2) is 0 Å². The number of nitrogens with zero attached hydrogens (tertiary/aromatic N) is 1. The summed E-state index contributed by atoms with van der Waals surface area (Å²) in [6.45, 7) is 3.91. The molecule has 154 valence electrons. The molecule has 0 atom stereocenters. The van der Waals surface area contributed by atoms with Gasteiger partial charge in [0.1, 0.15) is 5.75 Å². The third kappa shape index (κ3) is 6.50. The van der Waals surface area contributed by atoms with Crippen molar-refractivity contribution in [3.8, 4) is 5.75 Å². The SMILES string of the molecule is Cc1ccc(OCCCC(=O)N2CCC(NC(=O)c3ccc(Cl)cc3)CC2)cc1. The third-order valence-electron chi connectivity index (χ3n) is 5.11. The number of rotatable bonds is 7. The number of likely N-dealkylation sites (tertiary alicyclic amines) is 1. The lowest BCUT2D eigenvalue weighted by Gasteiger charge is -2.32. The second-order valence-electron chi connectivity index (χ2n) is 7.40. The first-order chi connectivity index (χ1) is 14.0. The summed E-state index contributed by atoms with van der Waals surface area (Å²) in [5, 5.41) is 3.66. The molecule has 2 aromatic rings. The van der Waals surface area contributed by atoms with Crippen molar-refractivity contribution in [2.24, 2.45) is 0 Å². The van der Waals surface area contributed by atoms with E-state index in [-0.39, 0.29) is 17.9 Å². The van der Waals surface area contributed by atoms with Crippen LogP contribution in [0.5, 0.6) is 5.75 Å². The molecule has 6 heteroatoms. The zero-order valence-electron chi connectivity index (χ0n) is 16.7. The molecule has 0 unspecified atom stereocenters. The molecule has 0 aromatic heterocycles. The average Bonchev–Trinajstić information content (AvgIpc) is 2.73. The van der Waals surface area contributed by atoms with Crippen LogP contribution in [0.1, 0.15) is 41.6 Å². The molecule has 0 aliphatic carbocycles. The molecule has 1 heterocycles. The molecule has 0 saturated carbocycles. The predicted molar refractivity (Wildman–Crippen MR) is 114 cm³/mol. The lowest BCUT2D eigenvalue weighted by atomic mass is 10.0. The number of ether oxygens (including phenoxy) is 1. The van der Waals surface area contributed by atoms with E-state index in [4.69, 9.17) is 16.3 Å². The molecule has 29 heavy (non-hydrogen) atoms.